The van der Waals surface area contributed by atoms with Crippen LogP contribution in [-0.4, -0.2) is 80.5 Å². The Kier molecular flexibility index (Phi) is 10.4. The van der Waals surface area contributed by atoms with Crippen LogP contribution in [0.4, 0.5) is 0 Å². The van der Waals surface area contributed by atoms with Gasteiger partial charge in [0.1, 0.15) is 23.9 Å². The van der Waals surface area contributed by atoms with E-state index in [2.05, 4.69) is 31.2 Å². The standard InChI is InChI=1S/C25H33N7O7/c26-21(34)8-7-18(25(38)39)30-24(37)20(11-15-12-27-13-29-15)32-23(36)19(10-14-3-5-16(33)6-4-14)31-22(35)17-2-1-9-28-17/h3-6,12-13,17-20,28,33H,1-2,7-11H2,(H2,26,34)(H,27,29)(H,30,37)(H,31,35)(H,32,36)(H,38,39). The molecule has 9 N–H and O–H groups in total. The maximum Gasteiger partial charge on any atom is 0.326 e. The number of hydrogen-bond donors (Lipinski definition) is 8. The maximum absolute atomic E-state index is 13.5. The molecule has 0 spiro atoms. The fourth-order valence-electron chi connectivity index (χ4n) is 4.17. The van der Waals surface area contributed by atoms with Crippen molar-refractivity contribution in [2.75, 3.05) is 6.54 Å². The monoisotopic (exact) mass is 543 g/mol. The number of carbonyl (C=O) groups excluding carboxylic acids is 4. The van der Waals surface area contributed by atoms with Crippen molar-refractivity contribution >= 4 is 29.6 Å². The van der Waals surface area contributed by atoms with E-state index >= 15 is 0 Å². The summed E-state index contributed by atoms with van der Waals surface area (Å²) in [5.74, 6) is -3.88. The molecule has 1 fully saturated rings. The second-order valence-corrected chi connectivity index (χ2v) is 9.33. The first-order chi connectivity index (χ1) is 18.6. The molecule has 0 saturated carbocycles. The second kappa shape index (κ2) is 13.9. The molecule has 1 aliphatic rings. The summed E-state index contributed by atoms with van der Waals surface area (Å²) < 4.78 is 0. The fourth-order valence-corrected chi connectivity index (χ4v) is 4.17. The van der Waals surface area contributed by atoms with Crippen molar-refractivity contribution in [2.24, 2.45) is 5.73 Å². The molecule has 1 aliphatic heterocycles. The van der Waals surface area contributed by atoms with E-state index in [0.29, 0.717) is 24.2 Å². The molecule has 3 rings (SSSR count). The molecule has 0 aliphatic carbocycles. The van der Waals surface area contributed by atoms with Gasteiger partial charge in [-0.15, -0.1) is 0 Å². The van der Waals surface area contributed by atoms with E-state index < -0.39 is 47.9 Å². The number of aromatic hydroxyl groups is 1. The first-order valence-corrected chi connectivity index (χ1v) is 12.5. The van der Waals surface area contributed by atoms with Gasteiger partial charge in [0, 0.05) is 31.2 Å². The minimum absolute atomic E-state index is 0.0413. The first-order valence-electron chi connectivity index (χ1n) is 12.5. The third kappa shape index (κ3) is 9.10. The normalized spacial score (nSPS) is 17.0. The van der Waals surface area contributed by atoms with Crippen molar-refractivity contribution in [2.45, 2.75) is 62.7 Å². The lowest BCUT2D eigenvalue weighted by Gasteiger charge is -2.25. The SMILES string of the molecule is NC(=O)CCC(NC(=O)C(Cc1cnc[nH]1)NC(=O)C(Cc1ccc(O)cc1)NC(=O)C1CCCN1)C(=O)O. The summed E-state index contributed by atoms with van der Waals surface area (Å²) in [6, 6.07) is 1.96. The zero-order valence-electron chi connectivity index (χ0n) is 21.2. The summed E-state index contributed by atoms with van der Waals surface area (Å²) in [7, 11) is 0. The third-order valence-corrected chi connectivity index (χ3v) is 6.29. The number of amides is 4. The Hall–Kier alpha value is -4.46. The van der Waals surface area contributed by atoms with Crippen LogP contribution in [0, 0.1) is 0 Å². The zero-order valence-corrected chi connectivity index (χ0v) is 21.2. The van der Waals surface area contributed by atoms with Crippen LogP contribution in [0.1, 0.15) is 36.9 Å². The van der Waals surface area contributed by atoms with Gasteiger partial charge in [-0.2, -0.15) is 0 Å². The van der Waals surface area contributed by atoms with Crippen LogP contribution < -0.4 is 27.0 Å². The highest BCUT2D eigenvalue weighted by molar-refractivity contribution is 5.94. The number of H-pyrrole nitrogens is 1. The zero-order chi connectivity index (χ0) is 28.4. The molecule has 4 unspecified atom stereocenters. The van der Waals surface area contributed by atoms with E-state index in [1.165, 1.54) is 24.7 Å². The van der Waals surface area contributed by atoms with Gasteiger partial charge in [0.2, 0.25) is 23.6 Å². The van der Waals surface area contributed by atoms with Gasteiger partial charge in [-0.1, -0.05) is 12.1 Å². The molecular weight excluding hydrogens is 510 g/mol. The van der Waals surface area contributed by atoms with Crippen LogP contribution in [0.25, 0.3) is 0 Å². The number of phenolic OH excluding ortho intramolecular Hbond substituents is 1. The van der Waals surface area contributed by atoms with E-state index in [9.17, 15) is 34.2 Å². The number of imidazole rings is 1. The maximum atomic E-state index is 13.5. The number of carboxylic acids is 1. The third-order valence-electron chi connectivity index (χ3n) is 6.29. The van der Waals surface area contributed by atoms with E-state index in [0.717, 1.165) is 6.42 Å². The van der Waals surface area contributed by atoms with Gasteiger partial charge in [-0.3, -0.25) is 19.2 Å². The summed E-state index contributed by atoms with van der Waals surface area (Å²) in [5.41, 5.74) is 6.26. The lowest BCUT2D eigenvalue weighted by Crippen LogP contribution is -2.58. The number of phenols is 1. The molecule has 1 saturated heterocycles. The molecule has 1 aromatic heterocycles. The number of benzene rings is 1. The van der Waals surface area contributed by atoms with Gasteiger partial charge in [-0.05, 0) is 43.5 Å². The van der Waals surface area contributed by atoms with Crippen LogP contribution in [0.3, 0.4) is 0 Å². The quantitative estimate of drug-likeness (QED) is 0.138. The summed E-state index contributed by atoms with van der Waals surface area (Å²) in [6.07, 6.45) is 3.81. The van der Waals surface area contributed by atoms with Crippen molar-refractivity contribution in [3.63, 3.8) is 0 Å². The van der Waals surface area contributed by atoms with Crippen molar-refractivity contribution in [3.05, 3.63) is 48.0 Å². The predicted octanol–water partition coefficient (Wildman–Crippen LogP) is -1.54. The molecule has 4 amide bonds. The number of nitrogens with two attached hydrogens (primary N) is 1. The Morgan fingerprint density at radius 1 is 1.00 bits per heavy atom. The number of hydrogen-bond acceptors (Lipinski definition) is 8. The lowest BCUT2D eigenvalue weighted by atomic mass is 10.0. The first kappa shape index (κ1) is 29.1. The highest BCUT2D eigenvalue weighted by Crippen LogP contribution is 2.13. The van der Waals surface area contributed by atoms with Crippen LogP contribution in [0.2, 0.25) is 0 Å². The van der Waals surface area contributed by atoms with Gasteiger partial charge >= 0.3 is 5.97 Å². The Balaban J connectivity index is 1.79. The molecule has 14 nitrogen and oxygen atoms in total. The summed E-state index contributed by atoms with van der Waals surface area (Å²) in [4.78, 5) is 69.0. The number of carboxylic acid groups (broad SMARTS) is 1. The molecule has 39 heavy (non-hydrogen) atoms. The van der Waals surface area contributed by atoms with E-state index in [1.807, 2.05) is 0 Å². The fraction of sp³-hybridized carbons (Fsp3) is 0.440. The van der Waals surface area contributed by atoms with Crippen LogP contribution in [0.5, 0.6) is 5.75 Å². The molecule has 0 radical (unpaired) electrons. The summed E-state index contributed by atoms with van der Waals surface area (Å²) >= 11 is 0. The highest BCUT2D eigenvalue weighted by Gasteiger charge is 2.32. The molecule has 0 bridgehead atoms. The van der Waals surface area contributed by atoms with E-state index in [-0.39, 0.29) is 37.3 Å². The van der Waals surface area contributed by atoms with Gasteiger partial charge in [0.25, 0.3) is 0 Å². The molecule has 14 heteroatoms. The van der Waals surface area contributed by atoms with Crippen LogP contribution in [0.15, 0.2) is 36.8 Å². The van der Waals surface area contributed by atoms with E-state index in [4.69, 9.17) is 5.73 Å². The van der Waals surface area contributed by atoms with E-state index in [1.54, 1.807) is 12.1 Å². The number of aromatic nitrogens is 2. The van der Waals surface area contributed by atoms with Gasteiger partial charge in [0.15, 0.2) is 0 Å². The highest BCUT2D eigenvalue weighted by atomic mass is 16.4. The van der Waals surface area contributed by atoms with Crippen molar-refractivity contribution in [3.8, 4) is 5.75 Å². The summed E-state index contributed by atoms with van der Waals surface area (Å²) in [5, 5.41) is 29.9. The van der Waals surface area contributed by atoms with Gasteiger partial charge < -0.3 is 42.2 Å². The Morgan fingerprint density at radius 2 is 1.67 bits per heavy atom. The number of carbonyl (C=O) groups is 5. The Bertz CT molecular complexity index is 1150. The number of aromatic amines is 1. The largest absolute Gasteiger partial charge is 0.508 e. The molecule has 1 aromatic carbocycles. The number of nitrogens with zero attached hydrogens (tertiary/aromatic N) is 1. The molecule has 210 valence electrons. The van der Waals surface area contributed by atoms with Gasteiger partial charge in [0.05, 0.1) is 12.4 Å². The average Bonchev–Trinajstić information content (AvgIpc) is 3.61. The molecule has 2 heterocycles. The Labute approximate surface area is 224 Å². The topological polar surface area (TPSA) is 229 Å². The second-order valence-electron chi connectivity index (χ2n) is 9.33. The lowest BCUT2D eigenvalue weighted by molar-refractivity contribution is -0.142. The Morgan fingerprint density at radius 3 is 2.23 bits per heavy atom. The number of primary amides is 1. The molecule has 2 aromatic rings. The average molecular weight is 544 g/mol. The molecule has 4 atom stereocenters. The number of aliphatic carboxylic acids is 1. The minimum atomic E-state index is -1.41. The molecular formula is C25H33N7O7. The van der Waals surface area contributed by atoms with Crippen LogP contribution in [-0.2, 0) is 36.8 Å². The minimum Gasteiger partial charge on any atom is -0.508 e. The van der Waals surface area contributed by atoms with Crippen LogP contribution >= 0.6 is 0 Å². The van der Waals surface area contributed by atoms with Crippen molar-refractivity contribution in [1.29, 1.82) is 0 Å². The summed E-state index contributed by atoms with van der Waals surface area (Å²) in [6.45, 7) is 0.680. The number of rotatable bonds is 14. The van der Waals surface area contributed by atoms with Crippen molar-refractivity contribution in [1.82, 2.24) is 31.2 Å². The smallest absolute Gasteiger partial charge is 0.326 e. The van der Waals surface area contributed by atoms with Gasteiger partial charge in [-0.25, -0.2) is 9.78 Å². The number of nitrogens with one attached hydrogen (secondary N) is 5. The van der Waals surface area contributed by atoms with Crippen molar-refractivity contribution < 1.29 is 34.2 Å². The predicted molar refractivity (Wildman–Crippen MR) is 137 cm³/mol.